The maximum Gasteiger partial charge on any atom is 0.233 e. The molecule has 0 spiro atoms. The molecule has 2 aliphatic heterocycles. The average molecular weight is 439 g/mol. The minimum atomic E-state index is -0.241. The highest BCUT2D eigenvalue weighted by molar-refractivity contribution is 6.12. The summed E-state index contributed by atoms with van der Waals surface area (Å²) in [5, 5.41) is 0. The van der Waals surface area contributed by atoms with Gasteiger partial charge in [-0.2, -0.15) is 0 Å². The van der Waals surface area contributed by atoms with Crippen molar-refractivity contribution in [2.75, 3.05) is 33.3 Å². The van der Waals surface area contributed by atoms with Crippen LogP contribution in [0.1, 0.15) is 42.5 Å². The van der Waals surface area contributed by atoms with Crippen LogP contribution >= 0.6 is 0 Å². The first kappa shape index (κ1) is 22.3. The van der Waals surface area contributed by atoms with E-state index in [1.165, 1.54) is 12.1 Å². The van der Waals surface area contributed by atoms with Gasteiger partial charge in [0.15, 0.2) is 5.76 Å². The van der Waals surface area contributed by atoms with E-state index in [1.807, 2.05) is 37.5 Å². The van der Waals surface area contributed by atoms with Crippen molar-refractivity contribution in [1.29, 1.82) is 0 Å². The van der Waals surface area contributed by atoms with E-state index >= 15 is 0 Å². The number of carbonyl (C=O) groups is 1. The average Bonchev–Trinajstić information content (AvgIpc) is 3.13. The summed E-state index contributed by atoms with van der Waals surface area (Å²) < 4.78 is 24.3. The molecule has 0 radical (unpaired) electrons. The van der Waals surface area contributed by atoms with E-state index in [-0.39, 0.29) is 11.6 Å². The highest BCUT2D eigenvalue weighted by Gasteiger charge is 2.28. The summed E-state index contributed by atoms with van der Waals surface area (Å²) in [5.74, 6) is 1.51. The van der Waals surface area contributed by atoms with E-state index in [0.717, 1.165) is 57.5 Å². The Morgan fingerprint density at radius 2 is 1.84 bits per heavy atom. The smallest absolute Gasteiger partial charge is 0.233 e. The molecule has 0 aliphatic carbocycles. The van der Waals surface area contributed by atoms with Crippen molar-refractivity contribution in [3.8, 4) is 11.5 Å². The number of carbonyl (C=O) groups excluding carboxylic acids is 1. The van der Waals surface area contributed by atoms with Crippen molar-refractivity contribution in [3.05, 3.63) is 71.9 Å². The molecule has 2 aliphatic rings. The lowest BCUT2D eigenvalue weighted by Crippen LogP contribution is -2.42. The lowest BCUT2D eigenvalue weighted by atomic mass is 10.0. The van der Waals surface area contributed by atoms with Gasteiger partial charge in [-0.05, 0) is 75.0 Å². The molecule has 1 saturated heterocycles. The van der Waals surface area contributed by atoms with Crippen LogP contribution in [0, 0.1) is 5.82 Å². The number of rotatable bonds is 9. The third-order valence-corrected chi connectivity index (χ3v) is 6.23. The number of ether oxygens (including phenoxy) is 2. The number of Topliss-reactive ketones (excluding diaryl/α,β-unsaturated/α-hetero) is 1. The molecule has 2 aromatic rings. The van der Waals surface area contributed by atoms with Crippen LogP contribution in [-0.2, 0) is 0 Å². The Morgan fingerprint density at radius 1 is 1.09 bits per heavy atom. The number of hydrogen-bond donors (Lipinski definition) is 0. The molecule has 0 saturated carbocycles. The molecule has 0 N–H and O–H groups in total. The van der Waals surface area contributed by atoms with E-state index in [1.54, 1.807) is 12.1 Å². The number of unbranched alkanes of at least 4 members (excludes halogenated alkanes) is 2. The first-order valence-corrected chi connectivity index (χ1v) is 11.5. The largest absolute Gasteiger partial charge is 0.494 e. The van der Waals surface area contributed by atoms with E-state index in [2.05, 4.69) is 9.80 Å². The number of nitrogens with zero attached hydrogens (tertiary/aromatic N) is 2. The summed E-state index contributed by atoms with van der Waals surface area (Å²) in [6.07, 6.45) is 7.29. The Balaban J connectivity index is 1.12. The molecule has 1 fully saturated rings. The number of benzene rings is 2. The number of fused-ring (bicyclic) bond motifs is 1. The third-order valence-electron chi connectivity index (χ3n) is 6.23. The van der Waals surface area contributed by atoms with Crippen molar-refractivity contribution in [3.63, 3.8) is 0 Å². The van der Waals surface area contributed by atoms with Gasteiger partial charge in [0.1, 0.15) is 17.3 Å². The van der Waals surface area contributed by atoms with Crippen molar-refractivity contribution in [2.45, 2.75) is 38.1 Å². The van der Waals surface area contributed by atoms with Crippen LogP contribution in [-0.4, -0.2) is 54.9 Å². The second-order valence-corrected chi connectivity index (χ2v) is 8.52. The maximum atomic E-state index is 12.9. The summed E-state index contributed by atoms with van der Waals surface area (Å²) in [4.78, 5) is 17.2. The number of halogens is 1. The molecular formula is C26H31FN2O3. The molecule has 0 atom stereocenters. The first-order chi connectivity index (χ1) is 15.6. The van der Waals surface area contributed by atoms with Gasteiger partial charge in [0, 0.05) is 32.4 Å². The summed E-state index contributed by atoms with van der Waals surface area (Å²) in [7, 11) is 2.04. The maximum absolute atomic E-state index is 12.9. The van der Waals surface area contributed by atoms with Crippen molar-refractivity contribution in [2.24, 2.45) is 0 Å². The number of allylic oxidation sites excluding steroid dienone is 1. The highest BCUT2D eigenvalue weighted by Crippen LogP contribution is 2.31. The number of likely N-dealkylation sites (tertiary alicyclic amines) is 1. The number of piperidine rings is 1. The lowest BCUT2D eigenvalue weighted by Gasteiger charge is -2.36. The SMILES string of the molecule is CN(C=C1Oc2ccccc2C1=O)C1CCN(CCCCCOc2ccc(F)cc2)CC1. The van der Waals surface area contributed by atoms with Gasteiger partial charge in [-0.15, -0.1) is 0 Å². The van der Waals surface area contributed by atoms with Gasteiger partial charge in [0.25, 0.3) is 0 Å². The van der Waals surface area contributed by atoms with Crippen molar-refractivity contribution < 1.29 is 18.7 Å². The topological polar surface area (TPSA) is 42.0 Å². The highest BCUT2D eigenvalue weighted by atomic mass is 19.1. The first-order valence-electron chi connectivity index (χ1n) is 11.5. The molecule has 0 amide bonds. The van der Waals surface area contributed by atoms with Crippen LogP contribution in [0.15, 0.2) is 60.5 Å². The molecule has 170 valence electrons. The Morgan fingerprint density at radius 3 is 2.59 bits per heavy atom. The summed E-state index contributed by atoms with van der Waals surface area (Å²) in [6, 6.07) is 14.0. The van der Waals surface area contributed by atoms with Gasteiger partial charge in [-0.25, -0.2) is 4.39 Å². The minimum absolute atomic E-state index is 0.0340. The van der Waals surface area contributed by atoms with Crippen molar-refractivity contribution in [1.82, 2.24) is 9.80 Å². The summed E-state index contributed by atoms with van der Waals surface area (Å²) >= 11 is 0. The Hall–Kier alpha value is -2.86. The molecule has 32 heavy (non-hydrogen) atoms. The predicted molar refractivity (Wildman–Crippen MR) is 122 cm³/mol. The molecule has 2 aromatic carbocycles. The van der Waals surface area contributed by atoms with Crippen LogP contribution in [0.25, 0.3) is 0 Å². The number of ketones is 1. The molecule has 0 unspecified atom stereocenters. The minimum Gasteiger partial charge on any atom is -0.494 e. The second kappa shape index (κ2) is 10.6. The van der Waals surface area contributed by atoms with E-state index in [4.69, 9.17) is 9.47 Å². The van der Waals surface area contributed by atoms with E-state index < -0.39 is 0 Å². The zero-order valence-electron chi connectivity index (χ0n) is 18.6. The molecule has 5 nitrogen and oxygen atoms in total. The third kappa shape index (κ3) is 5.68. The van der Waals surface area contributed by atoms with Gasteiger partial charge in [-0.3, -0.25) is 4.79 Å². The van der Waals surface area contributed by atoms with Crippen LogP contribution in [0.4, 0.5) is 4.39 Å². The fourth-order valence-corrected chi connectivity index (χ4v) is 4.30. The number of hydrogen-bond acceptors (Lipinski definition) is 5. The zero-order chi connectivity index (χ0) is 22.3. The van der Waals surface area contributed by atoms with Crippen LogP contribution in [0.2, 0.25) is 0 Å². The fraction of sp³-hybridized carbons (Fsp3) is 0.423. The predicted octanol–water partition coefficient (Wildman–Crippen LogP) is 4.89. The number of para-hydroxylation sites is 1. The van der Waals surface area contributed by atoms with Crippen molar-refractivity contribution >= 4 is 5.78 Å². The van der Waals surface area contributed by atoms with Gasteiger partial charge in [0.05, 0.1) is 12.2 Å². The molecule has 0 bridgehead atoms. The van der Waals surface area contributed by atoms with Gasteiger partial charge < -0.3 is 19.3 Å². The zero-order valence-corrected chi connectivity index (χ0v) is 18.6. The molecule has 6 heteroatoms. The summed E-state index contributed by atoms with van der Waals surface area (Å²) in [6.45, 7) is 3.90. The monoisotopic (exact) mass is 438 g/mol. The second-order valence-electron chi connectivity index (χ2n) is 8.52. The Labute approximate surface area is 189 Å². The lowest BCUT2D eigenvalue weighted by molar-refractivity contribution is 0.100. The molecule has 4 rings (SSSR count). The Kier molecular flexibility index (Phi) is 7.43. The van der Waals surface area contributed by atoms with Crippen LogP contribution in [0.3, 0.4) is 0 Å². The van der Waals surface area contributed by atoms with Gasteiger partial charge in [-0.1, -0.05) is 12.1 Å². The molecular weight excluding hydrogens is 407 g/mol. The van der Waals surface area contributed by atoms with E-state index in [0.29, 0.717) is 29.7 Å². The quantitative estimate of drug-likeness (QED) is 0.412. The molecule has 0 aromatic heterocycles. The van der Waals surface area contributed by atoms with Gasteiger partial charge >= 0.3 is 0 Å². The molecule has 2 heterocycles. The van der Waals surface area contributed by atoms with Crippen LogP contribution in [0.5, 0.6) is 11.5 Å². The summed E-state index contributed by atoms with van der Waals surface area (Å²) in [5.41, 5.74) is 0.644. The van der Waals surface area contributed by atoms with E-state index in [9.17, 15) is 9.18 Å². The Bertz CT molecular complexity index is 936. The van der Waals surface area contributed by atoms with Gasteiger partial charge in [0.2, 0.25) is 5.78 Å². The normalized spacial score (nSPS) is 17.9. The fourth-order valence-electron chi connectivity index (χ4n) is 4.30. The van der Waals surface area contributed by atoms with Crippen LogP contribution < -0.4 is 9.47 Å². The standard InChI is InChI=1S/C26H31FN2O3/c1-28(19-25-26(30)23-7-3-4-8-24(23)32-25)21-13-16-29(17-14-21)15-5-2-6-18-31-22-11-9-20(27)10-12-22/h3-4,7-12,19,21H,2,5-6,13-18H2,1H3.